The number of rotatable bonds is 4. The highest BCUT2D eigenvalue weighted by Crippen LogP contribution is 2.44. The Hall–Kier alpha value is -3.16. The average molecular weight is 398 g/mol. The Morgan fingerprint density at radius 2 is 1.74 bits per heavy atom. The Morgan fingerprint density at radius 1 is 1.04 bits per heavy atom. The van der Waals surface area contributed by atoms with Gasteiger partial charge in [-0.25, -0.2) is 0 Å². The number of hydrogen-bond acceptors (Lipinski definition) is 6. The molecule has 0 aliphatic rings. The van der Waals surface area contributed by atoms with Crippen molar-refractivity contribution in [2.24, 2.45) is 0 Å². The molecule has 0 atom stereocenters. The Morgan fingerprint density at radius 3 is 2.37 bits per heavy atom. The van der Waals surface area contributed by atoms with Crippen molar-refractivity contribution in [1.82, 2.24) is 14.8 Å². The summed E-state index contributed by atoms with van der Waals surface area (Å²) in [5.41, 5.74) is 2.77. The number of halogens is 1. The molecule has 0 amide bonds. The highest BCUT2D eigenvalue weighted by Gasteiger charge is 2.30. The van der Waals surface area contributed by atoms with E-state index in [2.05, 4.69) is 10.2 Å². The monoisotopic (exact) mass is 397 g/mol. The molecule has 0 radical (unpaired) electrons. The summed E-state index contributed by atoms with van der Waals surface area (Å²) in [5.74, 6) is -1.41. The number of aromatic hydroxyl groups is 2. The van der Waals surface area contributed by atoms with Gasteiger partial charge in [-0.2, -0.15) is 0 Å². The van der Waals surface area contributed by atoms with E-state index in [-0.39, 0.29) is 5.56 Å². The van der Waals surface area contributed by atoms with Gasteiger partial charge in [-0.15, -0.1) is 10.2 Å². The SMILES string of the molecule is O=C(c1ccccc1)c1c(O)c(O)n(-c2nncs2)c1-c1ccc(Cl)cc1. The van der Waals surface area contributed by atoms with Crippen molar-refractivity contribution < 1.29 is 15.0 Å². The van der Waals surface area contributed by atoms with Crippen LogP contribution < -0.4 is 0 Å². The van der Waals surface area contributed by atoms with Gasteiger partial charge in [-0.3, -0.25) is 9.36 Å². The van der Waals surface area contributed by atoms with Crippen LogP contribution in [0, 0.1) is 0 Å². The highest BCUT2D eigenvalue weighted by atomic mass is 35.5. The molecule has 2 N–H and O–H groups in total. The Labute approximate surface area is 162 Å². The van der Waals surface area contributed by atoms with E-state index in [1.807, 2.05) is 0 Å². The Balaban J connectivity index is 2.02. The van der Waals surface area contributed by atoms with E-state index >= 15 is 0 Å². The maximum atomic E-state index is 13.1. The molecular weight excluding hydrogens is 386 g/mol. The molecule has 0 saturated heterocycles. The Kier molecular flexibility index (Phi) is 4.39. The van der Waals surface area contributed by atoms with Crippen LogP contribution in [0.1, 0.15) is 15.9 Å². The standard InChI is InChI=1S/C19H12ClN3O3S/c20-13-8-6-11(7-9-13)15-14(16(24)12-4-2-1-3-5-12)17(25)18(26)23(15)19-22-21-10-27-19/h1-10,25-26H. The first kappa shape index (κ1) is 17.3. The minimum atomic E-state index is -0.510. The number of hydrogen-bond donors (Lipinski definition) is 2. The van der Waals surface area contributed by atoms with Crippen LogP contribution in [0.15, 0.2) is 60.1 Å². The van der Waals surface area contributed by atoms with Gasteiger partial charge >= 0.3 is 0 Å². The predicted molar refractivity (Wildman–Crippen MR) is 103 cm³/mol. The molecule has 4 rings (SSSR count). The average Bonchev–Trinajstić information content (AvgIpc) is 3.30. The van der Waals surface area contributed by atoms with E-state index in [0.29, 0.717) is 27.0 Å². The lowest BCUT2D eigenvalue weighted by molar-refractivity contribution is 0.103. The molecule has 0 spiro atoms. The van der Waals surface area contributed by atoms with Crippen LogP contribution in [0.2, 0.25) is 5.02 Å². The summed E-state index contributed by atoms with van der Waals surface area (Å²) in [5, 5.41) is 29.7. The van der Waals surface area contributed by atoms with Crippen LogP contribution in [0.25, 0.3) is 16.4 Å². The molecular formula is C19H12ClN3O3S. The van der Waals surface area contributed by atoms with Gasteiger partial charge in [0.1, 0.15) is 5.51 Å². The number of carbonyl (C=O) groups excluding carboxylic acids is 1. The summed E-state index contributed by atoms with van der Waals surface area (Å²) < 4.78 is 1.31. The molecule has 0 bridgehead atoms. The lowest BCUT2D eigenvalue weighted by atomic mass is 9.99. The Bertz CT molecular complexity index is 1110. The van der Waals surface area contributed by atoms with Crippen molar-refractivity contribution >= 4 is 28.7 Å². The highest BCUT2D eigenvalue weighted by molar-refractivity contribution is 7.11. The van der Waals surface area contributed by atoms with E-state index < -0.39 is 17.4 Å². The zero-order valence-corrected chi connectivity index (χ0v) is 15.3. The molecule has 0 fully saturated rings. The van der Waals surface area contributed by atoms with Crippen LogP contribution in [-0.2, 0) is 0 Å². The minimum Gasteiger partial charge on any atom is -0.503 e. The summed E-state index contributed by atoms with van der Waals surface area (Å²) in [6, 6.07) is 15.3. The fraction of sp³-hybridized carbons (Fsp3) is 0. The van der Waals surface area contributed by atoms with Crippen molar-refractivity contribution in [2.45, 2.75) is 0 Å². The number of benzene rings is 2. The van der Waals surface area contributed by atoms with E-state index in [1.165, 1.54) is 10.1 Å². The third-order valence-electron chi connectivity index (χ3n) is 4.04. The van der Waals surface area contributed by atoms with Gasteiger partial charge in [0, 0.05) is 10.6 Å². The third kappa shape index (κ3) is 2.97. The number of aromatic nitrogens is 3. The molecule has 27 heavy (non-hydrogen) atoms. The fourth-order valence-electron chi connectivity index (χ4n) is 2.83. The van der Waals surface area contributed by atoms with Gasteiger partial charge in [0.2, 0.25) is 11.0 Å². The van der Waals surface area contributed by atoms with Crippen molar-refractivity contribution in [3.05, 3.63) is 76.3 Å². The van der Waals surface area contributed by atoms with Crippen LogP contribution in [0.3, 0.4) is 0 Å². The van der Waals surface area contributed by atoms with Crippen molar-refractivity contribution in [3.8, 4) is 28.0 Å². The van der Waals surface area contributed by atoms with E-state index in [9.17, 15) is 15.0 Å². The van der Waals surface area contributed by atoms with Gasteiger partial charge < -0.3 is 10.2 Å². The van der Waals surface area contributed by atoms with E-state index in [1.54, 1.807) is 54.6 Å². The quantitative estimate of drug-likeness (QED) is 0.501. The van der Waals surface area contributed by atoms with Crippen LogP contribution in [0.5, 0.6) is 11.6 Å². The molecule has 2 aromatic carbocycles. The fourth-order valence-corrected chi connectivity index (χ4v) is 3.52. The lowest BCUT2D eigenvalue weighted by Gasteiger charge is -2.09. The molecule has 0 aliphatic carbocycles. The summed E-state index contributed by atoms with van der Waals surface area (Å²) in [6.45, 7) is 0. The number of ketones is 1. The summed E-state index contributed by atoms with van der Waals surface area (Å²) >= 11 is 7.14. The zero-order valence-electron chi connectivity index (χ0n) is 13.7. The van der Waals surface area contributed by atoms with Crippen LogP contribution in [-0.4, -0.2) is 30.8 Å². The van der Waals surface area contributed by atoms with Gasteiger partial charge in [0.05, 0.1) is 11.3 Å². The lowest BCUT2D eigenvalue weighted by Crippen LogP contribution is -2.04. The second-order valence-corrected chi connectivity index (χ2v) is 6.90. The molecule has 4 aromatic rings. The zero-order chi connectivity index (χ0) is 19.0. The normalized spacial score (nSPS) is 10.9. The number of carbonyl (C=O) groups is 1. The molecule has 2 aromatic heterocycles. The molecule has 8 heteroatoms. The third-order valence-corrected chi connectivity index (χ3v) is 4.97. The molecule has 2 heterocycles. The second kappa shape index (κ2) is 6.86. The largest absolute Gasteiger partial charge is 0.503 e. The molecule has 0 saturated carbocycles. The maximum absolute atomic E-state index is 13.1. The molecule has 134 valence electrons. The smallest absolute Gasteiger partial charge is 0.242 e. The topological polar surface area (TPSA) is 88.2 Å². The second-order valence-electron chi connectivity index (χ2n) is 5.65. The van der Waals surface area contributed by atoms with Crippen molar-refractivity contribution in [2.75, 3.05) is 0 Å². The molecule has 6 nitrogen and oxygen atoms in total. The van der Waals surface area contributed by atoms with E-state index in [4.69, 9.17) is 11.6 Å². The molecule has 0 aliphatic heterocycles. The van der Waals surface area contributed by atoms with Crippen LogP contribution in [0.4, 0.5) is 0 Å². The van der Waals surface area contributed by atoms with Gasteiger partial charge in [-0.05, 0) is 17.7 Å². The number of nitrogens with zero attached hydrogens (tertiary/aromatic N) is 3. The first-order valence-corrected chi connectivity index (χ1v) is 9.12. The van der Waals surface area contributed by atoms with Gasteiger partial charge in [0.25, 0.3) is 0 Å². The van der Waals surface area contributed by atoms with E-state index in [0.717, 1.165) is 11.3 Å². The van der Waals surface area contributed by atoms with Crippen molar-refractivity contribution in [3.63, 3.8) is 0 Å². The summed E-state index contributed by atoms with van der Waals surface area (Å²) in [4.78, 5) is 13.1. The molecule has 0 unspecified atom stereocenters. The van der Waals surface area contributed by atoms with Crippen molar-refractivity contribution in [1.29, 1.82) is 0 Å². The maximum Gasteiger partial charge on any atom is 0.242 e. The first-order chi connectivity index (χ1) is 13.1. The predicted octanol–water partition coefficient (Wildman–Crippen LogP) is 4.29. The van der Waals surface area contributed by atoms with Crippen LogP contribution >= 0.6 is 22.9 Å². The van der Waals surface area contributed by atoms with Gasteiger partial charge in [0.15, 0.2) is 11.5 Å². The minimum absolute atomic E-state index is 0.0174. The summed E-state index contributed by atoms with van der Waals surface area (Å²) in [7, 11) is 0. The summed E-state index contributed by atoms with van der Waals surface area (Å²) in [6.07, 6.45) is 0. The first-order valence-electron chi connectivity index (χ1n) is 7.86. The van der Waals surface area contributed by atoms with Gasteiger partial charge in [-0.1, -0.05) is 65.4 Å².